The number of amides is 1. The van der Waals surface area contributed by atoms with Gasteiger partial charge in [0.1, 0.15) is 5.75 Å². The molecule has 6 heteroatoms. The zero-order valence-corrected chi connectivity index (χ0v) is 17.6. The molecular weight excluding hydrogens is 382 g/mol. The van der Waals surface area contributed by atoms with Crippen LogP contribution >= 0.6 is 0 Å². The fraction of sp³-hybridized carbons (Fsp3) is 0.375. The minimum Gasteiger partial charge on any atom is -0.491 e. The lowest BCUT2D eigenvalue weighted by Crippen LogP contribution is -2.42. The van der Waals surface area contributed by atoms with Gasteiger partial charge in [-0.25, -0.2) is 4.79 Å². The predicted octanol–water partition coefficient (Wildman–Crippen LogP) is 4.00. The minimum absolute atomic E-state index is 0.0185. The Morgan fingerprint density at radius 1 is 1.00 bits per heavy atom. The van der Waals surface area contributed by atoms with E-state index in [0.717, 1.165) is 12.8 Å². The SMILES string of the molecule is COC(=O)c1cccc(C(=O)N2CCC[C@@H](C(=O)c3cccc(OC(C)C)c3)C2)c1. The average molecular weight is 409 g/mol. The normalized spacial score (nSPS) is 16.3. The molecule has 3 rings (SSSR count). The number of benzene rings is 2. The Labute approximate surface area is 176 Å². The number of esters is 1. The Balaban J connectivity index is 1.73. The molecule has 1 heterocycles. The van der Waals surface area contributed by atoms with E-state index in [4.69, 9.17) is 9.47 Å². The maximum atomic E-state index is 13.1. The van der Waals surface area contributed by atoms with E-state index in [1.54, 1.807) is 35.2 Å². The number of carbonyl (C=O) groups is 3. The van der Waals surface area contributed by atoms with E-state index in [1.807, 2.05) is 26.0 Å². The molecule has 1 saturated heterocycles. The highest BCUT2D eigenvalue weighted by Gasteiger charge is 2.30. The molecule has 1 amide bonds. The van der Waals surface area contributed by atoms with Crippen LogP contribution in [0.3, 0.4) is 0 Å². The Morgan fingerprint density at radius 3 is 2.43 bits per heavy atom. The van der Waals surface area contributed by atoms with E-state index in [1.165, 1.54) is 13.2 Å². The largest absolute Gasteiger partial charge is 0.491 e. The molecule has 0 spiro atoms. The summed E-state index contributed by atoms with van der Waals surface area (Å²) in [5, 5.41) is 0. The summed E-state index contributed by atoms with van der Waals surface area (Å²) in [6, 6.07) is 13.7. The van der Waals surface area contributed by atoms with Crippen molar-refractivity contribution in [3.63, 3.8) is 0 Å². The van der Waals surface area contributed by atoms with Gasteiger partial charge in [0.15, 0.2) is 5.78 Å². The van der Waals surface area contributed by atoms with Crippen molar-refractivity contribution in [3.8, 4) is 5.75 Å². The monoisotopic (exact) mass is 409 g/mol. The number of Topliss-reactive ketones (excluding diaryl/α,β-unsaturated/α-hetero) is 1. The lowest BCUT2D eigenvalue weighted by Gasteiger charge is -2.32. The number of methoxy groups -OCH3 is 1. The van der Waals surface area contributed by atoms with Gasteiger partial charge in [-0.2, -0.15) is 0 Å². The second-order valence-corrected chi connectivity index (χ2v) is 7.72. The summed E-state index contributed by atoms with van der Waals surface area (Å²) in [6.07, 6.45) is 1.51. The van der Waals surface area contributed by atoms with Crippen molar-refractivity contribution in [1.82, 2.24) is 4.90 Å². The van der Waals surface area contributed by atoms with Gasteiger partial charge in [-0.3, -0.25) is 9.59 Å². The van der Waals surface area contributed by atoms with Gasteiger partial charge < -0.3 is 14.4 Å². The van der Waals surface area contributed by atoms with Crippen molar-refractivity contribution >= 4 is 17.7 Å². The van der Waals surface area contributed by atoms with E-state index in [0.29, 0.717) is 35.5 Å². The van der Waals surface area contributed by atoms with Crippen LogP contribution in [0.2, 0.25) is 0 Å². The Morgan fingerprint density at radius 2 is 1.70 bits per heavy atom. The molecule has 0 radical (unpaired) electrons. The molecule has 6 nitrogen and oxygen atoms in total. The molecule has 0 saturated carbocycles. The van der Waals surface area contributed by atoms with Gasteiger partial charge >= 0.3 is 5.97 Å². The molecule has 1 fully saturated rings. The summed E-state index contributed by atoms with van der Waals surface area (Å²) in [7, 11) is 1.30. The maximum Gasteiger partial charge on any atom is 0.337 e. The first-order valence-corrected chi connectivity index (χ1v) is 10.2. The van der Waals surface area contributed by atoms with Crippen LogP contribution in [0, 0.1) is 5.92 Å². The molecule has 0 aliphatic carbocycles. The van der Waals surface area contributed by atoms with Crippen molar-refractivity contribution in [3.05, 3.63) is 65.2 Å². The highest BCUT2D eigenvalue weighted by molar-refractivity contribution is 6.00. The van der Waals surface area contributed by atoms with Gasteiger partial charge in [0.2, 0.25) is 0 Å². The van der Waals surface area contributed by atoms with Crippen molar-refractivity contribution < 1.29 is 23.9 Å². The van der Waals surface area contributed by atoms with Crippen LogP contribution in [0.25, 0.3) is 0 Å². The lowest BCUT2D eigenvalue weighted by molar-refractivity contribution is 0.0600. The summed E-state index contributed by atoms with van der Waals surface area (Å²) in [5.74, 6) is -0.250. The van der Waals surface area contributed by atoms with Gasteiger partial charge in [0.05, 0.1) is 18.8 Å². The number of carbonyl (C=O) groups excluding carboxylic acids is 3. The van der Waals surface area contributed by atoms with Gasteiger partial charge in [-0.1, -0.05) is 18.2 Å². The number of likely N-dealkylation sites (tertiary alicyclic amines) is 1. The van der Waals surface area contributed by atoms with Crippen LogP contribution in [0.4, 0.5) is 0 Å². The molecule has 0 bridgehead atoms. The zero-order valence-electron chi connectivity index (χ0n) is 17.6. The second-order valence-electron chi connectivity index (χ2n) is 7.72. The molecule has 0 aromatic heterocycles. The number of hydrogen-bond acceptors (Lipinski definition) is 5. The quantitative estimate of drug-likeness (QED) is 0.533. The third kappa shape index (κ3) is 5.06. The Hall–Kier alpha value is -3.15. The lowest BCUT2D eigenvalue weighted by atomic mass is 9.89. The molecule has 30 heavy (non-hydrogen) atoms. The number of ketones is 1. The summed E-state index contributed by atoms with van der Waals surface area (Å²) in [5.41, 5.74) is 1.34. The van der Waals surface area contributed by atoms with Crippen LogP contribution < -0.4 is 4.74 Å². The van der Waals surface area contributed by atoms with Crippen LogP contribution in [0.5, 0.6) is 5.75 Å². The molecule has 0 unspecified atom stereocenters. The molecule has 0 N–H and O–H groups in total. The van der Waals surface area contributed by atoms with E-state index in [2.05, 4.69) is 0 Å². The second kappa shape index (κ2) is 9.57. The number of hydrogen-bond donors (Lipinski definition) is 0. The van der Waals surface area contributed by atoms with Gasteiger partial charge in [-0.15, -0.1) is 0 Å². The topological polar surface area (TPSA) is 72.9 Å². The third-order valence-corrected chi connectivity index (χ3v) is 5.10. The minimum atomic E-state index is -0.486. The zero-order chi connectivity index (χ0) is 21.7. The molecule has 1 atom stereocenters. The standard InChI is InChI=1S/C24H27NO5/c1-16(2)30-21-11-5-7-17(14-21)22(26)20-10-6-12-25(15-20)23(27)18-8-4-9-19(13-18)24(28)29-3/h4-5,7-9,11,13-14,16,20H,6,10,12,15H2,1-3H3/t20-/m1/s1. The first kappa shape index (κ1) is 21.6. The predicted molar refractivity (Wildman–Crippen MR) is 113 cm³/mol. The van der Waals surface area contributed by atoms with Crippen molar-refractivity contribution in [2.75, 3.05) is 20.2 Å². The maximum absolute atomic E-state index is 13.1. The number of rotatable bonds is 6. The number of nitrogens with zero attached hydrogens (tertiary/aromatic N) is 1. The summed E-state index contributed by atoms with van der Waals surface area (Å²) in [4.78, 5) is 39.5. The van der Waals surface area contributed by atoms with E-state index >= 15 is 0 Å². The average Bonchev–Trinajstić information content (AvgIpc) is 2.77. The first-order chi connectivity index (χ1) is 14.4. The van der Waals surface area contributed by atoms with Gasteiger partial charge in [0, 0.05) is 30.1 Å². The fourth-order valence-electron chi connectivity index (χ4n) is 3.69. The molecular formula is C24H27NO5. The molecule has 2 aromatic carbocycles. The fourth-order valence-corrected chi connectivity index (χ4v) is 3.69. The molecule has 2 aromatic rings. The highest BCUT2D eigenvalue weighted by Crippen LogP contribution is 2.25. The van der Waals surface area contributed by atoms with Crippen LogP contribution in [-0.4, -0.2) is 48.9 Å². The molecule has 1 aliphatic heterocycles. The first-order valence-electron chi connectivity index (χ1n) is 10.2. The van der Waals surface area contributed by atoms with Crippen LogP contribution in [0.1, 0.15) is 57.8 Å². The summed E-state index contributed by atoms with van der Waals surface area (Å²) in [6.45, 7) is 4.82. The van der Waals surface area contributed by atoms with E-state index in [9.17, 15) is 14.4 Å². The van der Waals surface area contributed by atoms with Gasteiger partial charge in [0.25, 0.3) is 5.91 Å². The summed E-state index contributed by atoms with van der Waals surface area (Å²) < 4.78 is 10.4. The molecule has 1 aliphatic rings. The summed E-state index contributed by atoms with van der Waals surface area (Å²) >= 11 is 0. The van der Waals surface area contributed by atoms with Crippen molar-refractivity contribution in [1.29, 1.82) is 0 Å². The molecule has 158 valence electrons. The number of piperidine rings is 1. The number of ether oxygens (including phenoxy) is 2. The Kier molecular flexibility index (Phi) is 6.87. The van der Waals surface area contributed by atoms with Gasteiger partial charge in [-0.05, 0) is 57.0 Å². The van der Waals surface area contributed by atoms with Crippen molar-refractivity contribution in [2.24, 2.45) is 5.92 Å². The van der Waals surface area contributed by atoms with Crippen LogP contribution in [-0.2, 0) is 4.74 Å². The third-order valence-electron chi connectivity index (χ3n) is 5.10. The smallest absolute Gasteiger partial charge is 0.337 e. The highest BCUT2D eigenvalue weighted by atomic mass is 16.5. The van der Waals surface area contributed by atoms with E-state index < -0.39 is 5.97 Å². The van der Waals surface area contributed by atoms with Crippen molar-refractivity contribution in [2.45, 2.75) is 32.8 Å². The van der Waals surface area contributed by atoms with Crippen LogP contribution in [0.15, 0.2) is 48.5 Å². The van der Waals surface area contributed by atoms with E-state index in [-0.39, 0.29) is 23.7 Å². The Bertz CT molecular complexity index is 937.